The molecule has 0 atom stereocenters. The Morgan fingerprint density at radius 1 is 1.09 bits per heavy atom. The van der Waals surface area contributed by atoms with Crippen LogP contribution in [0, 0.1) is 0 Å². The molecule has 2 amide bonds. The number of para-hydroxylation sites is 1. The summed E-state index contributed by atoms with van der Waals surface area (Å²) < 4.78 is 5.04. The summed E-state index contributed by atoms with van der Waals surface area (Å²) in [7, 11) is 1.57. The predicted octanol–water partition coefficient (Wildman–Crippen LogP) is 2.37. The Hall–Kier alpha value is -3.08. The van der Waals surface area contributed by atoms with Gasteiger partial charge in [0.15, 0.2) is 0 Å². The van der Waals surface area contributed by atoms with Gasteiger partial charge in [0.1, 0.15) is 11.5 Å². The van der Waals surface area contributed by atoms with Crippen LogP contribution in [0.3, 0.4) is 0 Å². The third-order valence-corrected chi connectivity index (χ3v) is 2.93. The van der Waals surface area contributed by atoms with E-state index < -0.39 is 11.8 Å². The van der Waals surface area contributed by atoms with Crippen LogP contribution in [0.15, 0.2) is 54.6 Å². The van der Waals surface area contributed by atoms with E-state index in [1.807, 2.05) is 0 Å². The molecule has 5 nitrogen and oxygen atoms in total. The molecule has 0 fully saturated rings. The Balaban J connectivity index is 1.98. The summed E-state index contributed by atoms with van der Waals surface area (Å²) in [5.74, 6) is -0.671. The van der Waals surface area contributed by atoms with Gasteiger partial charge in [-0.2, -0.15) is 0 Å². The number of carbonyl (C=O) groups excluding carboxylic acids is 2. The topological polar surface area (TPSA) is 75.6 Å². The van der Waals surface area contributed by atoms with Crippen LogP contribution < -0.4 is 10.1 Å². The summed E-state index contributed by atoms with van der Waals surface area (Å²) >= 11 is 0. The zero-order valence-corrected chi connectivity index (χ0v) is 11.9. The summed E-state index contributed by atoms with van der Waals surface area (Å²) in [6.45, 7) is 0. The van der Waals surface area contributed by atoms with Gasteiger partial charge in [-0.1, -0.05) is 24.3 Å². The first-order chi connectivity index (χ1) is 10.6. The quantitative estimate of drug-likeness (QED) is 0.850. The summed E-state index contributed by atoms with van der Waals surface area (Å²) in [6.07, 6.45) is 2.83. The highest BCUT2D eigenvalue weighted by molar-refractivity contribution is 6.10. The number of phenols is 1. The summed E-state index contributed by atoms with van der Waals surface area (Å²) in [5.41, 5.74) is 0.847. The van der Waals surface area contributed by atoms with Crippen molar-refractivity contribution in [3.8, 4) is 11.5 Å². The number of methoxy groups -OCH3 is 1. The molecule has 5 heteroatoms. The van der Waals surface area contributed by atoms with E-state index in [1.54, 1.807) is 49.6 Å². The van der Waals surface area contributed by atoms with Gasteiger partial charge >= 0.3 is 0 Å². The van der Waals surface area contributed by atoms with Crippen LogP contribution in [0.2, 0.25) is 0 Å². The number of hydrogen-bond donors (Lipinski definition) is 2. The lowest BCUT2D eigenvalue weighted by atomic mass is 10.2. The Kier molecular flexibility index (Phi) is 4.93. The third kappa shape index (κ3) is 3.96. The number of imide groups is 1. The summed E-state index contributed by atoms with van der Waals surface area (Å²) in [5, 5.41) is 11.7. The molecular formula is C17H15NO4. The molecule has 0 aliphatic carbocycles. The second-order valence-electron chi connectivity index (χ2n) is 4.44. The van der Waals surface area contributed by atoms with Crippen molar-refractivity contribution >= 4 is 17.9 Å². The molecule has 0 heterocycles. The highest BCUT2D eigenvalue weighted by Gasteiger charge is 2.11. The van der Waals surface area contributed by atoms with Crippen LogP contribution in [0.4, 0.5) is 0 Å². The molecule has 0 saturated heterocycles. The second-order valence-corrected chi connectivity index (χ2v) is 4.44. The minimum Gasteiger partial charge on any atom is -0.507 e. The van der Waals surface area contributed by atoms with Gasteiger partial charge in [0, 0.05) is 6.08 Å². The zero-order chi connectivity index (χ0) is 15.9. The average Bonchev–Trinajstić information content (AvgIpc) is 2.53. The lowest BCUT2D eigenvalue weighted by Gasteiger charge is -2.03. The SMILES string of the molecule is COc1ccc(/C=C/C(=O)NC(=O)c2ccccc2O)cc1. The molecule has 112 valence electrons. The van der Waals surface area contributed by atoms with Crippen LogP contribution in [0.1, 0.15) is 15.9 Å². The molecule has 2 rings (SSSR count). The fourth-order valence-electron chi connectivity index (χ4n) is 1.77. The van der Waals surface area contributed by atoms with E-state index in [0.29, 0.717) is 0 Å². The van der Waals surface area contributed by atoms with Crippen molar-refractivity contribution in [3.05, 3.63) is 65.7 Å². The molecule has 0 aromatic heterocycles. The molecule has 0 aliphatic rings. The average molecular weight is 297 g/mol. The van der Waals surface area contributed by atoms with E-state index in [4.69, 9.17) is 4.74 Å². The molecule has 2 N–H and O–H groups in total. The monoisotopic (exact) mass is 297 g/mol. The molecule has 0 spiro atoms. The Labute approximate surface area is 127 Å². The molecule has 0 unspecified atom stereocenters. The maximum absolute atomic E-state index is 11.8. The van der Waals surface area contributed by atoms with E-state index in [2.05, 4.69) is 5.32 Å². The maximum Gasteiger partial charge on any atom is 0.261 e. The Morgan fingerprint density at radius 3 is 2.41 bits per heavy atom. The lowest BCUT2D eigenvalue weighted by Crippen LogP contribution is -2.28. The number of ether oxygens (including phenoxy) is 1. The van der Waals surface area contributed by atoms with E-state index in [0.717, 1.165) is 11.3 Å². The van der Waals surface area contributed by atoms with Crippen LogP contribution in [-0.2, 0) is 4.79 Å². The first-order valence-corrected chi connectivity index (χ1v) is 6.55. The van der Waals surface area contributed by atoms with E-state index >= 15 is 0 Å². The van der Waals surface area contributed by atoms with E-state index in [1.165, 1.54) is 18.2 Å². The number of aromatic hydroxyl groups is 1. The van der Waals surface area contributed by atoms with Crippen LogP contribution in [0.25, 0.3) is 6.08 Å². The molecule has 0 saturated carbocycles. The first kappa shape index (κ1) is 15.3. The summed E-state index contributed by atoms with van der Waals surface area (Å²) in [4.78, 5) is 23.5. The fourth-order valence-corrected chi connectivity index (χ4v) is 1.77. The highest BCUT2D eigenvalue weighted by Crippen LogP contribution is 2.15. The normalized spacial score (nSPS) is 10.4. The minimum atomic E-state index is -0.650. The maximum atomic E-state index is 11.8. The molecule has 0 aliphatic heterocycles. The van der Waals surface area contributed by atoms with Crippen molar-refractivity contribution in [1.82, 2.24) is 5.32 Å². The van der Waals surface area contributed by atoms with Gasteiger partial charge in [0.2, 0.25) is 0 Å². The van der Waals surface area contributed by atoms with Gasteiger partial charge in [-0.25, -0.2) is 0 Å². The van der Waals surface area contributed by atoms with E-state index in [-0.39, 0.29) is 11.3 Å². The van der Waals surface area contributed by atoms with Crippen LogP contribution >= 0.6 is 0 Å². The molecular weight excluding hydrogens is 282 g/mol. The van der Waals surface area contributed by atoms with Gasteiger partial charge in [-0.05, 0) is 35.9 Å². The number of carbonyl (C=O) groups is 2. The van der Waals surface area contributed by atoms with Gasteiger partial charge in [-0.15, -0.1) is 0 Å². The number of hydrogen-bond acceptors (Lipinski definition) is 4. The zero-order valence-electron chi connectivity index (χ0n) is 11.9. The first-order valence-electron chi connectivity index (χ1n) is 6.55. The molecule has 0 bridgehead atoms. The third-order valence-electron chi connectivity index (χ3n) is 2.93. The van der Waals surface area contributed by atoms with Crippen molar-refractivity contribution in [2.24, 2.45) is 0 Å². The van der Waals surface area contributed by atoms with Gasteiger partial charge < -0.3 is 9.84 Å². The summed E-state index contributed by atoms with van der Waals surface area (Å²) in [6, 6.07) is 13.1. The predicted molar refractivity (Wildman–Crippen MR) is 82.6 cm³/mol. The molecule has 0 radical (unpaired) electrons. The van der Waals surface area contributed by atoms with Crippen molar-refractivity contribution < 1.29 is 19.4 Å². The Morgan fingerprint density at radius 2 is 1.77 bits per heavy atom. The van der Waals surface area contributed by atoms with Crippen molar-refractivity contribution in [3.63, 3.8) is 0 Å². The van der Waals surface area contributed by atoms with Crippen LogP contribution in [-0.4, -0.2) is 24.0 Å². The number of rotatable bonds is 4. The van der Waals surface area contributed by atoms with E-state index in [9.17, 15) is 14.7 Å². The van der Waals surface area contributed by atoms with Gasteiger partial charge in [0.05, 0.1) is 12.7 Å². The lowest BCUT2D eigenvalue weighted by molar-refractivity contribution is -0.115. The van der Waals surface area contributed by atoms with Gasteiger partial charge in [-0.3, -0.25) is 14.9 Å². The standard InChI is InChI=1S/C17H15NO4/c1-22-13-9-6-12(7-10-13)8-11-16(20)18-17(21)14-4-2-3-5-15(14)19/h2-11,19H,1H3,(H,18,20,21)/b11-8+. The largest absolute Gasteiger partial charge is 0.507 e. The van der Waals surface area contributed by atoms with Crippen molar-refractivity contribution in [2.45, 2.75) is 0 Å². The Bertz CT molecular complexity index is 705. The highest BCUT2D eigenvalue weighted by atomic mass is 16.5. The minimum absolute atomic E-state index is 0.0497. The number of amides is 2. The van der Waals surface area contributed by atoms with Crippen molar-refractivity contribution in [2.75, 3.05) is 7.11 Å². The number of benzene rings is 2. The van der Waals surface area contributed by atoms with Crippen LogP contribution in [0.5, 0.6) is 11.5 Å². The van der Waals surface area contributed by atoms with Crippen molar-refractivity contribution in [1.29, 1.82) is 0 Å². The smallest absolute Gasteiger partial charge is 0.261 e. The molecule has 2 aromatic carbocycles. The molecule has 2 aromatic rings. The number of nitrogens with one attached hydrogen (secondary N) is 1. The van der Waals surface area contributed by atoms with Gasteiger partial charge in [0.25, 0.3) is 11.8 Å². The second kappa shape index (κ2) is 7.08. The fraction of sp³-hybridized carbons (Fsp3) is 0.0588. The number of phenolic OH excluding ortho intramolecular Hbond substituents is 1. The molecule has 22 heavy (non-hydrogen) atoms.